The fourth-order valence-electron chi connectivity index (χ4n) is 3.50. The van der Waals surface area contributed by atoms with E-state index in [1.807, 2.05) is 0 Å². The van der Waals surface area contributed by atoms with Crippen molar-refractivity contribution in [2.24, 2.45) is 11.8 Å². The molecule has 2 saturated carbocycles. The van der Waals surface area contributed by atoms with Crippen LogP contribution in [0.2, 0.25) is 0 Å². The fraction of sp³-hybridized carbons (Fsp3) is 0.929. The second-order valence-electron chi connectivity index (χ2n) is 5.63. The Bertz CT molecular complexity index is 263. The lowest BCUT2D eigenvalue weighted by Gasteiger charge is -2.24. The number of amides is 1. The maximum atomic E-state index is 11.9. The summed E-state index contributed by atoms with van der Waals surface area (Å²) in [7, 11) is 0. The van der Waals surface area contributed by atoms with Crippen LogP contribution in [0.15, 0.2) is 0 Å². The van der Waals surface area contributed by atoms with Gasteiger partial charge in [0.15, 0.2) is 0 Å². The molecule has 0 aliphatic heterocycles. The van der Waals surface area contributed by atoms with Crippen molar-refractivity contribution >= 4 is 5.91 Å². The molecule has 98 valence electrons. The van der Waals surface area contributed by atoms with E-state index < -0.39 is 0 Å². The first-order valence-electron chi connectivity index (χ1n) is 7.24. The van der Waals surface area contributed by atoms with E-state index in [2.05, 4.69) is 24.1 Å². The van der Waals surface area contributed by atoms with Crippen LogP contribution < -0.4 is 5.32 Å². The Morgan fingerprint density at radius 3 is 2.53 bits per heavy atom. The van der Waals surface area contributed by atoms with Crippen LogP contribution in [-0.2, 0) is 4.79 Å². The van der Waals surface area contributed by atoms with Gasteiger partial charge < -0.3 is 10.2 Å². The van der Waals surface area contributed by atoms with Crippen LogP contribution >= 0.6 is 0 Å². The smallest absolute Gasteiger partial charge is 0.221 e. The first kappa shape index (κ1) is 12.9. The molecule has 0 radical (unpaired) electrons. The van der Waals surface area contributed by atoms with E-state index in [1.165, 1.54) is 25.7 Å². The van der Waals surface area contributed by atoms with Gasteiger partial charge in [-0.15, -0.1) is 0 Å². The van der Waals surface area contributed by atoms with Gasteiger partial charge in [0.1, 0.15) is 0 Å². The third-order valence-electron chi connectivity index (χ3n) is 4.63. The molecule has 0 aromatic heterocycles. The van der Waals surface area contributed by atoms with Gasteiger partial charge in [-0.2, -0.15) is 0 Å². The van der Waals surface area contributed by atoms with E-state index in [0.29, 0.717) is 12.5 Å². The Kier molecular flexibility index (Phi) is 4.43. The molecule has 0 heterocycles. The number of hydrogen-bond acceptors (Lipinski definition) is 2. The highest BCUT2D eigenvalue weighted by Gasteiger charge is 2.39. The lowest BCUT2D eigenvalue weighted by atomic mass is 9.95. The summed E-state index contributed by atoms with van der Waals surface area (Å²) in [6, 6.07) is 0.498. The topological polar surface area (TPSA) is 32.3 Å². The highest BCUT2D eigenvalue weighted by atomic mass is 16.1. The van der Waals surface area contributed by atoms with Crippen LogP contribution in [0, 0.1) is 11.8 Å². The van der Waals surface area contributed by atoms with Crippen LogP contribution in [-0.4, -0.2) is 36.5 Å². The van der Waals surface area contributed by atoms with Crippen LogP contribution in [0.25, 0.3) is 0 Å². The first-order chi connectivity index (χ1) is 8.22. The van der Waals surface area contributed by atoms with Gasteiger partial charge in [-0.1, -0.05) is 20.3 Å². The molecule has 0 spiro atoms. The number of nitrogens with zero attached hydrogens (tertiary/aromatic N) is 1. The second-order valence-corrected chi connectivity index (χ2v) is 5.63. The average molecular weight is 238 g/mol. The molecule has 2 fully saturated rings. The summed E-state index contributed by atoms with van der Waals surface area (Å²) in [5.74, 6) is 1.96. The normalized spacial score (nSPS) is 31.1. The maximum Gasteiger partial charge on any atom is 0.221 e. The molecule has 2 aliphatic rings. The molecule has 0 saturated heterocycles. The molecule has 1 N–H and O–H groups in total. The average Bonchev–Trinajstić information content (AvgIpc) is 2.92. The molecular formula is C14H26N2O. The maximum absolute atomic E-state index is 11.9. The Hall–Kier alpha value is -0.570. The Morgan fingerprint density at radius 1 is 1.24 bits per heavy atom. The van der Waals surface area contributed by atoms with Crippen molar-refractivity contribution in [3.63, 3.8) is 0 Å². The van der Waals surface area contributed by atoms with Gasteiger partial charge >= 0.3 is 0 Å². The zero-order valence-electron chi connectivity index (χ0n) is 11.2. The van der Waals surface area contributed by atoms with E-state index in [-0.39, 0.29) is 5.91 Å². The Morgan fingerprint density at radius 2 is 2.00 bits per heavy atom. The summed E-state index contributed by atoms with van der Waals surface area (Å²) >= 11 is 0. The summed E-state index contributed by atoms with van der Waals surface area (Å²) in [4.78, 5) is 14.2. The number of fused-ring (bicyclic) bond motifs is 2. The summed E-state index contributed by atoms with van der Waals surface area (Å²) in [6.45, 7) is 7.28. The molecule has 0 unspecified atom stereocenters. The van der Waals surface area contributed by atoms with Crippen molar-refractivity contribution in [1.29, 1.82) is 0 Å². The zero-order valence-corrected chi connectivity index (χ0v) is 11.2. The summed E-state index contributed by atoms with van der Waals surface area (Å²) < 4.78 is 0. The van der Waals surface area contributed by atoms with E-state index >= 15 is 0 Å². The third kappa shape index (κ3) is 3.21. The van der Waals surface area contributed by atoms with Crippen LogP contribution in [0.3, 0.4) is 0 Å². The monoisotopic (exact) mass is 238 g/mol. The Labute approximate surface area is 105 Å². The molecule has 3 atom stereocenters. The van der Waals surface area contributed by atoms with Crippen molar-refractivity contribution in [3.8, 4) is 0 Å². The predicted octanol–water partition coefficient (Wildman–Crippen LogP) is 2.02. The number of carbonyl (C=O) groups is 1. The molecule has 0 aromatic carbocycles. The molecule has 3 heteroatoms. The predicted molar refractivity (Wildman–Crippen MR) is 69.8 cm³/mol. The molecule has 3 nitrogen and oxygen atoms in total. The number of hydrogen-bond donors (Lipinski definition) is 1. The van der Waals surface area contributed by atoms with Gasteiger partial charge in [0.2, 0.25) is 5.91 Å². The quantitative estimate of drug-likeness (QED) is 0.768. The second kappa shape index (κ2) is 5.85. The van der Waals surface area contributed by atoms with Gasteiger partial charge in [0, 0.05) is 19.0 Å². The van der Waals surface area contributed by atoms with Crippen molar-refractivity contribution < 1.29 is 4.79 Å². The first-order valence-corrected chi connectivity index (χ1v) is 7.24. The molecule has 2 bridgehead atoms. The highest BCUT2D eigenvalue weighted by Crippen LogP contribution is 2.44. The van der Waals surface area contributed by atoms with E-state index in [4.69, 9.17) is 0 Å². The molecule has 2 rings (SSSR count). The number of carbonyl (C=O) groups excluding carboxylic acids is 1. The van der Waals surface area contributed by atoms with Gasteiger partial charge in [0.05, 0.1) is 0 Å². The summed E-state index contributed by atoms with van der Waals surface area (Å²) in [6.07, 6.45) is 6.00. The molecule has 1 amide bonds. The number of rotatable bonds is 6. The number of nitrogens with one attached hydrogen (secondary N) is 1. The van der Waals surface area contributed by atoms with E-state index in [1.54, 1.807) is 0 Å². The lowest BCUT2D eigenvalue weighted by molar-refractivity contribution is -0.122. The summed E-state index contributed by atoms with van der Waals surface area (Å²) in [5, 5.41) is 3.25. The van der Waals surface area contributed by atoms with Gasteiger partial charge in [0.25, 0.3) is 0 Å². The van der Waals surface area contributed by atoms with Crippen molar-refractivity contribution in [1.82, 2.24) is 10.2 Å². The molecule has 0 aromatic rings. The highest BCUT2D eigenvalue weighted by molar-refractivity contribution is 5.76. The van der Waals surface area contributed by atoms with Crippen molar-refractivity contribution in [2.45, 2.75) is 52.0 Å². The van der Waals surface area contributed by atoms with Gasteiger partial charge in [-0.05, 0) is 44.2 Å². The van der Waals surface area contributed by atoms with Crippen molar-refractivity contribution in [3.05, 3.63) is 0 Å². The van der Waals surface area contributed by atoms with Crippen LogP contribution in [0.1, 0.15) is 46.0 Å². The minimum atomic E-state index is 0.259. The largest absolute Gasteiger partial charge is 0.353 e. The van der Waals surface area contributed by atoms with Crippen LogP contribution in [0.4, 0.5) is 0 Å². The fourth-order valence-corrected chi connectivity index (χ4v) is 3.50. The van der Waals surface area contributed by atoms with Gasteiger partial charge in [-0.3, -0.25) is 4.79 Å². The minimum Gasteiger partial charge on any atom is -0.353 e. The van der Waals surface area contributed by atoms with Crippen LogP contribution in [0.5, 0.6) is 0 Å². The molecule has 2 aliphatic carbocycles. The molecular weight excluding hydrogens is 212 g/mol. The zero-order chi connectivity index (χ0) is 12.3. The SMILES string of the molecule is CCN(CC)CCC(=O)N[C@H]1C[C@H]2CC[C@H]1C2. The Balaban J connectivity index is 1.67. The standard InChI is InChI=1S/C14H26N2O/c1-3-16(4-2)8-7-14(17)15-13-10-11-5-6-12(13)9-11/h11-13H,3-10H2,1-2H3,(H,15,17)/t11-,12-,13-/m0/s1. The molecule has 17 heavy (non-hydrogen) atoms. The van der Waals surface area contributed by atoms with Crippen molar-refractivity contribution in [2.75, 3.05) is 19.6 Å². The van der Waals surface area contributed by atoms with E-state index in [0.717, 1.165) is 31.5 Å². The third-order valence-corrected chi connectivity index (χ3v) is 4.63. The summed E-state index contributed by atoms with van der Waals surface area (Å²) in [5.41, 5.74) is 0. The van der Waals surface area contributed by atoms with Gasteiger partial charge in [-0.25, -0.2) is 0 Å². The lowest BCUT2D eigenvalue weighted by Crippen LogP contribution is -2.40. The van der Waals surface area contributed by atoms with E-state index in [9.17, 15) is 4.79 Å². The minimum absolute atomic E-state index is 0.259.